The van der Waals surface area contributed by atoms with Crippen molar-refractivity contribution in [1.82, 2.24) is 4.57 Å². The number of pyridine rings is 1. The summed E-state index contributed by atoms with van der Waals surface area (Å²) in [4.78, 5) is 12.1. The first-order valence-corrected chi connectivity index (χ1v) is 6.48. The molecule has 0 amide bonds. The largest absolute Gasteiger partial charge is 0.483 e. The van der Waals surface area contributed by atoms with Crippen molar-refractivity contribution in [2.45, 2.75) is 19.6 Å². The van der Waals surface area contributed by atoms with E-state index in [0.717, 1.165) is 6.42 Å². The Morgan fingerprint density at radius 1 is 1.20 bits per heavy atom. The molecule has 5 heteroatoms. The molecule has 2 rings (SSSR count). The summed E-state index contributed by atoms with van der Waals surface area (Å²) in [5, 5.41) is 0. The summed E-state index contributed by atoms with van der Waals surface area (Å²) in [5.41, 5.74) is 5.62. The maximum Gasteiger partial charge on any atom is 0.292 e. The molecule has 1 aromatic carbocycles. The minimum atomic E-state index is -0.341. The number of hydrogen-bond acceptors (Lipinski definition) is 3. The molecule has 106 valence electrons. The average molecular weight is 276 g/mol. The number of halogens is 1. The van der Waals surface area contributed by atoms with E-state index in [4.69, 9.17) is 10.5 Å². The highest BCUT2D eigenvalue weighted by atomic mass is 19.1. The fourth-order valence-corrected chi connectivity index (χ4v) is 1.83. The summed E-state index contributed by atoms with van der Waals surface area (Å²) >= 11 is 0. The van der Waals surface area contributed by atoms with E-state index in [1.54, 1.807) is 41.1 Å². The van der Waals surface area contributed by atoms with Crippen molar-refractivity contribution >= 4 is 0 Å². The van der Waals surface area contributed by atoms with Crippen LogP contribution in [0, 0.1) is 5.82 Å². The molecule has 1 heterocycles. The SMILES string of the molecule is NCCCn1cccc(OCc2ccccc2F)c1=O. The molecule has 0 radical (unpaired) electrons. The van der Waals surface area contributed by atoms with Crippen LogP contribution in [0.4, 0.5) is 4.39 Å². The summed E-state index contributed by atoms with van der Waals surface area (Å²) in [7, 11) is 0. The number of aryl methyl sites for hydroxylation is 1. The second-order valence-corrected chi connectivity index (χ2v) is 4.39. The smallest absolute Gasteiger partial charge is 0.292 e. The highest BCUT2D eigenvalue weighted by molar-refractivity contribution is 5.20. The lowest BCUT2D eigenvalue weighted by Gasteiger charge is -2.09. The third kappa shape index (κ3) is 3.45. The molecular weight excluding hydrogens is 259 g/mol. The molecule has 0 spiro atoms. The van der Waals surface area contributed by atoms with Gasteiger partial charge in [-0.3, -0.25) is 4.79 Å². The van der Waals surface area contributed by atoms with Gasteiger partial charge in [0.2, 0.25) is 0 Å². The summed E-state index contributed by atoms with van der Waals surface area (Å²) in [6.45, 7) is 1.10. The zero-order valence-corrected chi connectivity index (χ0v) is 11.1. The molecule has 0 bridgehead atoms. The van der Waals surface area contributed by atoms with Crippen molar-refractivity contribution in [1.29, 1.82) is 0 Å². The Morgan fingerprint density at radius 3 is 2.75 bits per heavy atom. The van der Waals surface area contributed by atoms with Crippen molar-refractivity contribution in [3.63, 3.8) is 0 Å². The van der Waals surface area contributed by atoms with Crippen LogP contribution in [0.15, 0.2) is 47.4 Å². The second-order valence-electron chi connectivity index (χ2n) is 4.39. The maximum atomic E-state index is 13.5. The lowest BCUT2D eigenvalue weighted by Crippen LogP contribution is -2.22. The number of aromatic nitrogens is 1. The average Bonchev–Trinajstić information content (AvgIpc) is 2.46. The normalized spacial score (nSPS) is 10.5. The minimum absolute atomic E-state index is 0.0306. The van der Waals surface area contributed by atoms with Gasteiger partial charge < -0.3 is 15.0 Å². The topological polar surface area (TPSA) is 57.2 Å². The first-order chi connectivity index (χ1) is 9.72. The van der Waals surface area contributed by atoms with E-state index in [2.05, 4.69) is 0 Å². The second kappa shape index (κ2) is 6.86. The van der Waals surface area contributed by atoms with E-state index in [0.29, 0.717) is 18.7 Å². The zero-order valence-electron chi connectivity index (χ0n) is 11.1. The van der Waals surface area contributed by atoms with E-state index in [1.807, 2.05) is 0 Å². The van der Waals surface area contributed by atoms with Gasteiger partial charge in [-0.2, -0.15) is 0 Å². The van der Waals surface area contributed by atoms with Crippen LogP contribution >= 0.6 is 0 Å². The summed E-state index contributed by atoms with van der Waals surface area (Å²) in [6.07, 6.45) is 2.41. The molecule has 0 aliphatic rings. The van der Waals surface area contributed by atoms with Crippen molar-refractivity contribution in [2.24, 2.45) is 5.73 Å². The number of rotatable bonds is 6. The van der Waals surface area contributed by atoms with Crippen LogP contribution in [0.3, 0.4) is 0 Å². The van der Waals surface area contributed by atoms with E-state index in [1.165, 1.54) is 6.07 Å². The van der Waals surface area contributed by atoms with Crippen molar-refractivity contribution in [2.75, 3.05) is 6.54 Å². The standard InChI is InChI=1S/C15H17FN2O2/c16-13-6-2-1-5-12(13)11-20-14-7-3-9-18(15(14)19)10-4-8-17/h1-3,5-7,9H,4,8,10-11,17H2. The van der Waals surface area contributed by atoms with Crippen LogP contribution < -0.4 is 16.0 Å². The predicted octanol–water partition coefficient (Wildman–Crippen LogP) is 1.92. The zero-order chi connectivity index (χ0) is 14.4. The molecule has 0 atom stereocenters. The van der Waals surface area contributed by atoms with Crippen molar-refractivity contribution in [3.8, 4) is 5.75 Å². The minimum Gasteiger partial charge on any atom is -0.483 e. The summed E-state index contributed by atoms with van der Waals surface area (Å²) < 4.78 is 20.4. The maximum absolute atomic E-state index is 13.5. The Labute approximate surface area is 116 Å². The third-order valence-electron chi connectivity index (χ3n) is 2.93. The highest BCUT2D eigenvalue weighted by Gasteiger charge is 2.06. The van der Waals surface area contributed by atoms with E-state index < -0.39 is 0 Å². The van der Waals surface area contributed by atoms with Gasteiger partial charge in [-0.05, 0) is 31.2 Å². The Hall–Kier alpha value is -2.14. The fourth-order valence-electron chi connectivity index (χ4n) is 1.83. The number of hydrogen-bond donors (Lipinski definition) is 1. The molecule has 1 aromatic heterocycles. The Balaban J connectivity index is 2.10. The third-order valence-corrected chi connectivity index (χ3v) is 2.93. The first kappa shape index (κ1) is 14.3. The van der Waals surface area contributed by atoms with Crippen LogP contribution in [-0.2, 0) is 13.2 Å². The lowest BCUT2D eigenvalue weighted by atomic mass is 10.2. The Morgan fingerprint density at radius 2 is 2.00 bits per heavy atom. The number of ether oxygens (including phenoxy) is 1. The number of nitrogens with zero attached hydrogens (tertiary/aromatic N) is 1. The molecule has 20 heavy (non-hydrogen) atoms. The highest BCUT2D eigenvalue weighted by Crippen LogP contribution is 2.10. The Bertz CT molecular complexity index is 625. The molecular formula is C15H17FN2O2. The quantitative estimate of drug-likeness (QED) is 0.877. The van der Waals surface area contributed by atoms with Gasteiger partial charge in [0, 0.05) is 18.3 Å². The van der Waals surface area contributed by atoms with Gasteiger partial charge in [0.05, 0.1) is 0 Å². The summed E-state index contributed by atoms with van der Waals surface area (Å²) in [6, 6.07) is 9.65. The van der Waals surface area contributed by atoms with Crippen molar-refractivity contribution < 1.29 is 9.13 Å². The molecule has 0 aliphatic heterocycles. The predicted molar refractivity (Wildman–Crippen MR) is 75.1 cm³/mol. The molecule has 4 nitrogen and oxygen atoms in total. The van der Waals surface area contributed by atoms with Gasteiger partial charge in [0.1, 0.15) is 12.4 Å². The molecule has 0 fully saturated rings. The van der Waals surface area contributed by atoms with Gasteiger partial charge >= 0.3 is 0 Å². The van der Waals surface area contributed by atoms with Gasteiger partial charge in [-0.15, -0.1) is 0 Å². The molecule has 2 N–H and O–H groups in total. The summed E-state index contributed by atoms with van der Waals surface area (Å²) in [5.74, 6) is -0.125. The van der Waals surface area contributed by atoms with Crippen LogP contribution in [0.2, 0.25) is 0 Å². The van der Waals surface area contributed by atoms with Crippen LogP contribution in [0.1, 0.15) is 12.0 Å². The molecule has 0 aliphatic carbocycles. The number of benzene rings is 1. The fraction of sp³-hybridized carbons (Fsp3) is 0.267. The van der Waals surface area contributed by atoms with Gasteiger partial charge in [-0.1, -0.05) is 18.2 Å². The first-order valence-electron chi connectivity index (χ1n) is 6.48. The molecule has 0 unspecified atom stereocenters. The van der Waals surface area contributed by atoms with Gasteiger partial charge in [0.25, 0.3) is 5.56 Å². The monoisotopic (exact) mass is 276 g/mol. The molecule has 0 saturated heterocycles. The van der Waals surface area contributed by atoms with Crippen LogP contribution in [0.25, 0.3) is 0 Å². The molecule has 0 saturated carbocycles. The number of nitrogens with two attached hydrogens (primary N) is 1. The Kier molecular flexibility index (Phi) is 4.90. The van der Waals surface area contributed by atoms with Gasteiger partial charge in [-0.25, -0.2) is 4.39 Å². The molecule has 2 aromatic rings. The van der Waals surface area contributed by atoms with Crippen molar-refractivity contribution in [3.05, 3.63) is 64.3 Å². The van der Waals surface area contributed by atoms with E-state index in [-0.39, 0.29) is 23.7 Å². The van der Waals surface area contributed by atoms with Crippen LogP contribution in [0.5, 0.6) is 5.75 Å². The van der Waals surface area contributed by atoms with Gasteiger partial charge in [0.15, 0.2) is 5.75 Å². The van der Waals surface area contributed by atoms with E-state index >= 15 is 0 Å². The van der Waals surface area contributed by atoms with E-state index in [9.17, 15) is 9.18 Å². The van der Waals surface area contributed by atoms with Crippen LogP contribution in [-0.4, -0.2) is 11.1 Å². The lowest BCUT2D eigenvalue weighted by molar-refractivity contribution is 0.293.